The van der Waals surface area contributed by atoms with Crippen LogP contribution in [0.5, 0.6) is 0 Å². The molecule has 0 N–H and O–H groups in total. The Labute approximate surface area is 113 Å². The van der Waals surface area contributed by atoms with E-state index in [1.807, 2.05) is 0 Å². The minimum absolute atomic E-state index is 0.0953. The van der Waals surface area contributed by atoms with Crippen molar-refractivity contribution in [2.45, 2.75) is 13.8 Å². The van der Waals surface area contributed by atoms with Crippen LogP contribution >= 0.6 is 23.5 Å². The van der Waals surface area contributed by atoms with Gasteiger partial charge >= 0.3 is 23.9 Å². The van der Waals surface area contributed by atoms with E-state index in [-0.39, 0.29) is 11.5 Å². The summed E-state index contributed by atoms with van der Waals surface area (Å²) < 4.78 is 8.64. The second-order valence-electron chi connectivity index (χ2n) is 3.04. The lowest BCUT2D eigenvalue weighted by molar-refractivity contribution is -0.157. The molecule has 6 nitrogen and oxygen atoms in total. The fraction of sp³-hybridized carbons (Fsp3) is 0.600. The molecule has 0 aromatic rings. The van der Waals surface area contributed by atoms with Crippen molar-refractivity contribution in [3.05, 3.63) is 0 Å². The van der Waals surface area contributed by atoms with Crippen molar-refractivity contribution in [1.82, 2.24) is 0 Å². The fourth-order valence-corrected chi connectivity index (χ4v) is 2.49. The minimum atomic E-state index is -0.623. The summed E-state index contributed by atoms with van der Waals surface area (Å²) >= 11 is 2.60. The average Bonchev–Trinajstić information content (AvgIpc) is 2.20. The molecule has 0 aliphatic rings. The Hall–Kier alpha value is -1.02. The Morgan fingerprint density at radius 2 is 1.11 bits per heavy atom. The van der Waals surface area contributed by atoms with Crippen LogP contribution in [0, 0.1) is 0 Å². The van der Waals surface area contributed by atoms with E-state index in [0.717, 1.165) is 0 Å². The highest BCUT2D eigenvalue weighted by Gasteiger charge is 2.07. The minimum Gasteiger partial charge on any atom is -0.393 e. The standard InChI is InChI=1S/C10H14O6S2/c1-7(11)15-9(13)5-17-3-4-18-6-10(14)16-8(2)12/h3-6H2,1-2H3. The first-order chi connectivity index (χ1) is 8.41. The molecule has 0 rings (SSSR count). The number of ether oxygens (including phenoxy) is 2. The molecule has 0 aromatic carbocycles. The first-order valence-corrected chi connectivity index (χ1v) is 7.30. The van der Waals surface area contributed by atoms with Gasteiger partial charge in [0.2, 0.25) is 0 Å². The Morgan fingerprint density at radius 1 is 0.778 bits per heavy atom. The smallest absolute Gasteiger partial charge is 0.323 e. The predicted octanol–water partition coefficient (Wildman–Crippen LogP) is 0.632. The summed E-state index contributed by atoms with van der Waals surface area (Å²) in [5.41, 5.74) is 0. The molecule has 102 valence electrons. The molecule has 0 spiro atoms. The molecule has 0 atom stereocenters. The highest BCUT2D eigenvalue weighted by Crippen LogP contribution is 2.07. The van der Waals surface area contributed by atoms with Gasteiger partial charge in [0.05, 0.1) is 11.5 Å². The zero-order chi connectivity index (χ0) is 14.0. The van der Waals surface area contributed by atoms with E-state index < -0.39 is 23.9 Å². The maximum absolute atomic E-state index is 10.9. The third kappa shape index (κ3) is 11.5. The number of hydrogen-bond donors (Lipinski definition) is 0. The van der Waals surface area contributed by atoms with Gasteiger partial charge in [0, 0.05) is 25.4 Å². The summed E-state index contributed by atoms with van der Waals surface area (Å²) in [5, 5.41) is 0. The van der Waals surface area contributed by atoms with Gasteiger partial charge in [0.25, 0.3) is 0 Å². The van der Waals surface area contributed by atoms with E-state index in [1.54, 1.807) is 0 Å². The van der Waals surface area contributed by atoms with Crippen molar-refractivity contribution in [2.75, 3.05) is 23.0 Å². The van der Waals surface area contributed by atoms with Gasteiger partial charge < -0.3 is 9.47 Å². The van der Waals surface area contributed by atoms with Crippen molar-refractivity contribution in [2.24, 2.45) is 0 Å². The van der Waals surface area contributed by atoms with E-state index in [1.165, 1.54) is 37.4 Å². The zero-order valence-corrected chi connectivity index (χ0v) is 11.7. The van der Waals surface area contributed by atoms with Gasteiger partial charge in [-0.2, -0.15) is 0 Å². The van der Waals surface area contributed by atoms with E-state index in [4.69, 9.17) is 0 Å². The van der Waals surface area contributed by atoms with Gasteiger partial charge in [-0.3, -0.25) is 19.2 Å². The van der Waals surface area contributed by atoms with E-state index in [2.05, 4.69) is 9.47 Å². The number of rotatable bonds is 7. The van der Waals surface area contributed by atoms with E-state index in [9.17, 15) is 19.2 Å². The first kappa shape index (κ1) is 17.0. The number of hydrogen-bond acceptors (Lipinski definition) is 8. The molecule has 0 unspecified atom stereocenters. The maximum Gasteiger partial charge on any atom is 0.323 e. The molecule has 0 aromatic heterocycles. The summed E-state index contributed by atoms with van der Waals surface area (Å²) in [6.07, 6.45) is 0. The van der Waals surface area contributed by atoms with Crippen molar-refractivity contribution in [1.29, 1.82) is 0 Å². The maximum atomic E-state index is 10.9. The molecule has 0 amide bonds. The van der Waals surface area contributed by atoms with Crippen molar-refractivity contribution in [3.8, 4) is 0 Å². The average molecular weight is 294 g/mol. The molecular weight excluding hydrogens is 280 g/mol. The van der Waals surface area contributed by atoms with Gasteiger partial charge in [0.1, 0.15) is 0 Å². The lowest BCUT2D eigenvalue weighted by atomic mass is 10.7. The van der Waals surface area contributed by atoms with Crippen LogP contribution in [-0.2, 0) is 28.7 Å². The molecule has 8 heteroatoms. The molecule has 0 saturated carbocycles. The molecule has 0 heterocycles. The summed E-state index contributed by atoms with van der Waals surface area (Å²) in [5.74, 6) is -0.947. The number of thioether (sulfide) groups is 2. The summed E-state index contributed by atoms with van der Waals surface area (Å²) in [6, 6.07) is 0. The Morgan fingerprint density at radius 3 is 1.39 bits per heavy atom. The van der Waals surface area contributed by atoms with Crippen LogP contribution in [0.4, 0.5) is 0 Å². The van der Waals surface area contributed by atoms with E-state index in [0.29, 0.717) is 11.5 Å². The largest absolute Gasteiger partial charge is 0.393 e. The fourth-order valence-electron chi connectivity index (χ4n) is 0.808. The Kier molecular flexibility index (Phi) is 9.39. The molecule has 0 aliphatic heterocycles. The second-order valence-corrected chi connectivity index (χ2v) is 5.25. The Balaban J connectivity index is 3.41. The van der Waals surface area contributed by atoms with Crippen LogP contribution in [0.1, 0.15) is 13.8 Å². The van der Waals surface area contributed by atoms with Gasteiger partial charge in [-0.05, 0) is 0 Å². The molecule has 0 radical (unpaired) electrons. The normalized spacial score (nSPS) is 9.67. The molecule has 0 fully saturated rings. The van der Waals surface area contributed by atoms with Crippen LogP contribution in [0.15, 0.2) is 0 Å². The number of carbonyl (C=O) groups excluding carboxylic acids is 4. The highest BCUT2D eigenvalue weighted by atomic mass is 32.2. The molecule has 18 heavy (non-hydrogen) atoms. The first-order valence-electron chi connectivity index (χ1n) is 4.99. The van der Waals surface area contributed by atoms with Gasteiger partial charge in [-0.25, -0.2) is 0 Å². The monoisotopic (exact) mass is 294 g/mol. The SMILES string of the molecule is CC(=O)OC(=O)CSCCSCC(=O)OC(C)=O. The van der Waals surface area contributed by atoms with Crippen LogP contribution in [0.25, 0.3) is 0 Å². The second kappa shape index (κ2) is 9.95. The van der Waals surface area contributed by atoms with Crippen LogP contribution in [-0.4, -0.2) is 46.9 Å². The summed E-state index contributed by atoms with van der Waals surface area (Å²) in [7, 11) is 0. The third-order valence-corrected chi connectivity index (χ3v) is 3.45. The molecule has 0 bridgehead atoms. The van der Waals surface area contributed by atoms with Gasteiger partial charge in [0.15, 0.2) is 0 Å². The zero-order valence-electron chi connectivity index (χ0n) is 10.1. The lowest BCUT2D eigenvalue weighted by Crippen LogP contribution is -2.12. The summed E-state index contributed by atoms with van der Waals surface area (Å²) in [4.78, 5) is 42.7. The highest BCUT2D eigenvalue weighted by molar-refractivity contribution is 8.03. The van der Waals surface area contributed by atoms with Crippen molar-refractivity contribution < 1.29 is 28.7 Å². The molecule has 0 aliphatic carbocycles. The van der Waals surface area contributed by atoms with Crippen LogP contribution < -0.4 is 0 Å². The van der Waals surface area contributed by atoms with Crippen LogP contribution in [0.2, 0.25) is 0 Å². The topological polar surface area (TPSA) is 86.7 Å². The summed E-state index contributed by atoms with van der Waals surface area (Å²) in [6.45, 7) is 2.33. The van der Waals surface area contributed by atoms with Crippen molar-refractivity contribution >= 4 is 47.4 Å². The van der Waals surface area contributed by atoms with Crippen LogP contribution in [0.3, 0.4) is 0 Å². The third-order valence-electron chi connectivity index (χ3n) is 1.33. The lowest BCUT2D eigenvalue weighted by Gasteiger charge is -2.01. The number of carbonyl (C=O) groups is 4. The van der Waals surface area contributed by atoms with Gasteiger partial charge in [-0.1, -0.05) is 0 Å². The van der Waals surface area contributed by atoms with Gasteiger partial charge in [-0.15, -0.1) is 23.5 Å². The predicted molar refractivity (Wildman–Crippen MR) is 68.2 cm³/mol. The Bertz CT molecular complexity index is 296. The van der Waals surface area contributed by atoms with Crippen molar-refractivity contribution in [3.63, 3.8) is 0 Å². The molecular formula is C10H14O6S2. The number of esters is 4. The molecule has 0 saturated heterocycles. The quantitative estimate of drug-likeness (QED) is 0.384. The van der Waals surface area contributed by atoms with E-state index >= 15 is 0 Å².